The minimum Gasteiger partial charge on any atom is -0.315 e. The highest BCUT2D eigenvalue weighted by Crippen LogP contribution is 2.24. The van der Waals surface area contributed by atoms with Crippen molar-refractivity contribution in [1.82, 2.24) is 15.1 Å². The molecule has 2 unspecified atom stereocenters. The zero-order valence-electron chi connectivity index (χ0n) is 12.4. The van der Waals surface area contributed by atoms with Gasteiger partial charge in [-0.3, -0.25) is 4.90 Å². The molecular formula is C15H23BrClN3. The van der Waals surface area contributed by atoms with Crippen molar-refractivity contribution in [3.05, 3.63) is 33.3 Å². The van der Waals surface area contributed by atoms with Crippen LogP contribution in [-0.2, 0) is 6.42 Å². The zero-order valence-corrected chi connectivity index (χ0v) is 14.7. The molecule has 112 valence electrons. The molecule has 1 N–H and O–H groups in total. The number of hydrogen-bond acceptors (Lipinski definition) is 3. The lowest BCUT2D eigenvalue weighted by Gasteiger charge is -2.42. The molecule has 0 saturated carbocycles. The lowest BCUT2D eigenvalue weighted by Crippen LogP contribution is -2.58. The van der Waals surface area contributed by atoms with Crippen molar-refractivity contribution in [2.75, 3.05) is 40.8 Å². The van der Waals surface area contributed by atoms with Crippen LogP contribution in [0.3, 0.4) is 0 Å². The first kappa shape index (κ1) is 16.2. The number of nitrogens with one attached hydrogen (secondary N) is 1. The molecule has 0 spiro atoms. The highest BCUT2D eigenvalue weighted by Gasteiger charge is 2.29. The maximum Gasteiger partial charge on any atom is 0.0449 e. The predicted molar refractivity (Wildman–Crippen MR) is 89.6 cm³/mol. The highest BCUT2D eigenvalue weighted by molar-refractivity contribution is 9.10. The van der Waals surface area contributed by atoms with Crippen LogP contribution in [0.5, 0.6) is 0 Å². The van der Waals surface area contributed by atoms with Crippen LogP contribution >= 0.6 is 27.5 Å². The first-order valence-corrected chi connectivity index (χ1v) is 8.18. The van der Waals surface area contributed by atoms with Gasteiger partial charge in [-0.2, -0.15) is 0 Å². The Morgan fingerprint density at radius 2 is 2.15 bits per heavy atom. The Balaban J connectivity index is 2.11. The maximum atomic E-state index is 6.35. The molecule has 0 aliphatic carbocycles. The smallest absolute Gasteiger partial charge is 0.0449 e. The Morgan fingerprint density at radius 1 is 1.40 bits per heavy atom. The number of piperazine rings is 1. The van der Waals surface area contributed by atoms with Gasteiger partial charge in [0.15, 0.2) is 0 Å². The van der Waals surface area contributed by atoms with Crippen LogP contribution in [0.1, 0.15) is 5.56 Å². The Bertz CT molecular complexity index is 455. The number of rotatable bonds is 4. The van der Waals surface area contributed by atoms with Crippen molar-refractivity contribution >= 4 is 27.5 Å². The van der Waals surface area contributed by atoms with E-state index in [9.17, 15) is 0 Å². The summed E-state index contributed by atoms with van der Waals surface area (Å²) in [6.45, 7) is 3.35. The normalized spacial score (nSPS) is 22.9. The van der Waals surface area contributed by atoms with Crippen LogP contribution in [0.4, 0.5) is 0 Å². The van der Waals surface area contributed by atoms with Gasteiger partial charge in [0, 0.05) is 41.2 Å². The minimum absolute atomic E-state index is 0.404. The van der Waals surface area contributed by atoms with Crippen LogP contribution in [0.15, 0.2) is 22.7 Å². The third-order valence-electron chi connectivity index (χ3n) is 4.19. The molecule has 2 rings (SSSR count). The van der Waals surface area contributed by atoms with E-state index in [1.807, 2.05) is 13.1 Å². The van der Waals surface area contributed by atoms with Crippen LogP contribution in [-0.4, -0.2) is 62.7 Å². The van der Waals surface area contributed by atoms with Crippen LogP contribution in [0.25, 0.3) is 0 Å². The first-order chi connectivity index (χ1) is 9.51. The van der Waals surface area contributed by atoms with Gasteiger partial charge in [-0.15, -0.1) is 0 Å². The quantitative estimate of drug-likeness (QED) is 0.890. The summed E-state index contributed by atoms with van der Waals surface area (Å²) in [6.07, 6.45) is 0.950. The van der Waals surface area contributed by atoms with Gasteiger partial charge in [-0.1, -0.05) is 33.6 Å². The van der Waals surface area contributed by atoms with Gasteiger partial charge in [-0.05, 0) is 45.3 Å². The predicted octanol–water partition coefficient (Wildman–Crippen LogP) is 2.48. The summed E-state index contributed by atoms with van der Waals surface area (Å²) >= 11 is 9.81. The first-order valence-electron chi connectivity index (χ1n) is 7.01. The number of halogens is 2. The Kier molecular flexibility index (Phi) is 5.87. The Morgan fingerprint density at radius 3 is 2.80 bits per heavy atom. The second-order valence-electron chi connectivity index (χ2n) is 5.65. The van der Waals surface area contributed by atoms with E-state index in [1.165, 1.54) is 5.56 Å². The van der Waals surface area contributed by atoms with Gasteiger partial charge in [0.05, 0.1) is 0 Å². The van der Waals surface area contributed by atoms with Gasteiger partial charge in [-0.25, -0.2) is 0 Å². The molecule has 1 fully saturated rings. The average molecular weight is 361 g/mol. The number of likely N-dealkylation sites (N-methyl/N-ethyl adjacent to an activating group) is 3. The fraction of sp³-hybridized carbons (Fsp3) is 0.600. The van der Waals surface area contributed by atoms with Gasteiger partial charge in [0.25, 0.3) is 0 Å². The molecule has 1 aromatic rings. The van der Waals surface area contributed by atoms with E-state index in [-0.39, 0.29) is 0 Å². The molecule has 1 aliphatic heterocycles. The van der Waals surface area contributed by atoms with E-state index < -0.39 is 0 Å². The largest absolute Gasteiger partial charge is 0.315 e. The summed E-state index contributed by atoms with van der Waals surface area (Å²) in [6, 6.07) is 7.06. The molecular weight excluding hydrogens is 338 g/mol. The van der Waals surface area contributed by atoms with Gasteiger partial charge < -0.3 is 10.2 Å². The molecule has 0 amide bonds. The topological polar surface area (TPSA) is 18.5 Å². The molecule has 1 aliphatic rings. The summed E-state index contributed by atoms with van der Waals surface area (Å²) in [4.78, 5) is 4.85. The zero-order chi connectivity index (χ0) is 14.7. The van der Waals surface area contributed by atoms with Crippen LogP contribution in [0, 0.1) is 0 Å². The summed E-state index contributed by atoms with van der Waals surface area (Å²) in [5.74, 6) is 0. The highest BCUT2D eigenvalue weighted by atomic mass is 79.9. The van der Waals surface area contributed by atoms with Gasteiger partial charge in [0.2, 0.25) is 0 Å². The van der Waals surface area contributed by atoms with Crippen molar-refractivity contribution in [2.24, 2.45) is 0 Å². The van der Waals surface area contributed by atoms with Gasteiger partial charge >= 0.3 is 0 Å². The monoisotopic (exact) mass is 359 g/mol. The lowest BCUT2D eigenvalue weighted by molar-refractivity contribution is 0.0897. The van der Waals surface area contributed by atoms with Crippen molar-refractivity contribution in [1.29, 1.82) is 0 Å². The fourth-order valence-electron chi connectivity index (χ4n) is 2.83. The SMILES string of the molecule is CNC(Cc1ccc(Br)cc1Cl)C1CN(C)CCN1C. The molecule has 20 heavy (non-hydrogen) atoms. The minimum atomic E-state index is 0.404. The van der Waals surface area contributed by atoms with E-state index in [2.05, 4.69) is 57.3 Å². The number of hydrogen-bond donors (Lipinski definition) is 1. The maximum absolute atomic E-state index is 6.35. The molecule has 0 radical (unpaired) electrons. The molecule has 1 saturated heterocycles. The Hall–Kier alpha value is -0.130. The summed E-state index contributed by atoms with van der Waals surface area (Å²) < 4.78 is 1.03. The van der Waals surface area contributed by atoms with E-state index in [0.717, 1.165) is 35.6 Å². The van der Waals surface area contributed by atoms with Crippen molar-refractivity contribution < 1.29 is 0 Å². The Labute approximate surface area is 135 Å². The molecule has 1 heterocycles. The molecule has 2 atom stereocenters. The van der Waals surface area contributed by atoms with Crippen LogP contribution < -0.4 is 5.32 Å². The second kappa shape index (κ2) is 7.23. The molecule has 0 aromatic heterocycles. The van der Waals surface area contributed by atoms with Gasteiger partial charge in [0.1, 0.15) is 0 Å². The average Bonchev–Trinajstić information content (AvgIpc) is 2.41. The number of nitrogens with zero attached hydrogens (tertiary/aromatic N) is 2. The van der Waals surface area contributed by atoms with Crippen LogP contribution in [0.2, 0.25) is 5.02 Å². The fourth-order valence-corrected chi connectivity index (χ4v) is 3.58. The van der Waals surface area contributed by atoms with Crippen molar-refractivity contribution in [2.45, 2.75) is 18.5 Å². The van der Waals surface area contributed by atoms with E-state index in [4.69, 9.17) is 11.6 Å². The summed E-state index contributed by atoms with van der Waals surface area (Å²) in [7, 11) is 6.45. The standard InChI is InChI=1S/C15H23BrClN3/c1-18-14(15-10-19(2)6-7-20(15)3)8-11-4-5-12(16)9-13(11)17/h4-5,9,14-15,18H,6-8,10H2,1-3H3. The van der Waals surface area contributed by atoms with E-state index in [1.54, 1.807) is 0 Å². The molecule has 0 bridgehead atoms. The molecule has 1 aromatic carbocycles. The third kappa shape index (κ3) is 3.95. The summed E-state index contributed by atoms with van der Waals surface area (Å²) in [5.41, 5.74) is 1.20. The molecule has 5 heteroatoms. The molecule has 3 nitrogen and oxygen atoms in total. The number of benzene rings is 1. The third-order valence-corrected chi connectivity index (χ3v) is 5.03. The summed E-state index contributed by atoms with van der Waals surface area (Å²) in [5, 5.41) is 4.31. The van der Waals surface area contributed by atoms with E-state index in [0.29, 0.717) is 12.1 Å². The second-order valence-corrected chi connectivity index (χ2v) is 6.97. The van der Waals surface area contributed by atoms with E-state index >= 15 is 0 Å². The van der Waals surface area contributed by atoms with Crippen molar-refractivity contribution in [3.8, 4) is 0 Å². The lowest BCUT2D eigenvalue weighted by atomic mass is 9.96. The van der Waals surface area contributed by atoms with Crippen molar-refractivity contribution in [3.63, 3.8) is 0 Å².